The van der Waals surface area contributed by atoms with Crippen LogP contribution in [0.15, 0.2) is 46.9 Å². The lowest BCUT2D eigenvalue weighted by Crippen LogP contribution is -2.07. The summed E-state index contributed by atoms with van der Waals surface area (Å²) in [6.07, 6.45) is 0. The number of fused-ring (bicyclic) bond motifs is 1. The van der Waals surface area contributed by atoms with Gasteiger partial charge in [-0.1, -0.05) is 40.2 Å². The number of para-hydroxylation sites is 1. The average Bonchev–Trinajstić information content (AvgIpc) is 2.75. The van der Waals surface area contributed by atoms with E-state index in [0.29, 0.717) is 0 Å². The van der Waals surface area contributed by atoms with Crippen LogP contribution in [0.4, 0.5) is 0 Å². The monoisotopic (exact) mass is 346 g/mol. The molecule has 1 heterocycles. The first-order chi connectivity index (χ1) is 9.58. The van der Waals surface area contributed by atoms with Crippen LogP contribution in [-0.2, 0) is 0 Å². The van der Waals surface area contributed by atoms with Crippen LogP contribution in [0.3, 0.4) is 0 Å². The summed E-state index contributed by atoms with van der Waals surface area (Å²) in [6, 6.07) is 14.8. The van der Waals surface area contributed by atoms with Gasteiger partial charge in [-0.25, -0.2) is 0 Å². The fourth-order valence-corrected chi connectivity index (χ4v) is 3.42. The maximum Gasteiger partial charge on any atom is 0.178 e. The SMILES string of the molecule is Cc1cccc2[nH]c(=S)n(C(C)c3cccc(Br)c3)c12. The van der Waals surface area contributed by atoms with Crippen molar-refractivity contribution in [2.75, 3.05) is 0 Å². The zero-order valence-electron chi connectivity index (χ0n) is 11.4. The standard InChI is InChI=1S/C16H15BrN2S/c1-10-5-3-8-14-15(10)19(16(20)18-14)11(2)12-6-4-7-13(17)9-12/h3-9,11H,1-2H3,(H,18,20). The molecule has 0 saturated carbocycles. The maximum absolute atomic E-state index is 5.52. The average molecular weight is 347 g/mol. The van der Waals surface area contributed by atoms with Gasteiger partial charge in [0.15, 0.2) is 4.77 Å². The summed E-state index contributed by atoms with van der Waals surface area (Å²) in [5.41, 5.74) is 4.75. The summed E-state index contributed by atoms with van der Waals surface area (Å²) < 4.78 is 4.05. The molecule has 2 nitrogen and oxygen atoms in total. The zero-order valence-corrected chi connectivity index (χ0v) is 13.8. The van der Waals surface area contributed by atoms with E-state index in [9.17, 15) is 0 Å². The van der Waals surface area contributed by atoms with E-state index in [4.69, 9.17) is 12.2 Å². The topological polar surface area (TPSA) is 20.7 Å². The second-order valence-electron chi connectivity index (χ2n) is 5.00. The van der Waals surface area contributed by atoms with Gasteiger partial charge in [-0.2, -0.15) is 0 Å². The Kier molecular flexibility index (Phi) is 3.52. The van der Waals surface area contributed by atoms with Gasteiger partial charge in [0.1, 0.15) is 0 Å². The molecular weight excluding hydrogens is 332 g/mol. The van der Waals surface area contributed by atoms with Crippen LogP contribution < -0.4 is 0 Å². The molecule has 2 aromatic carbocycles. The third-order valence-corrected chi connectivity index (χ3v) is 4.45. The summed E-state index contributed by atoms with van der Waals surface area (Å²) in [5.74, 6) is 0. The Morgan fingerprint density at radius 1 is 1.20 bits per heavy atom. The van der Waals surface area contributed by atoms with E-state index in [-0.39, 0.29) is 6.04 Å². The van der Waals surface area contributed by atoms with Crippen LogP contribution in [0.2, 0.25) is 0 Å². The molecule has 3 rings (SSSR count). The molecule has 0 fully saturated rings. The van der Waals surface area contributed by atoms with E-state index in [1.54, 1.807) is 0 Å². The van der Waals surface area contributed by atoms with Gasteiger partial charge in [0.25, 0.3) is 0 Å². The fourth-order valence-electron chi connectivity index (χ4n) is 2.64. The van der Waals surface area contributed by atoms with Gasteiger partial charge in [0.05, 0.1) is 17.1 Å². The fraction of sp³-hybridized carbons (Fsp3) is 0.188. The highest BCUT2D eigenvalue weighted by molar-refractivity contribution is 9.10. The van der Waals surface area contributed by atoms with Crippen molar-refractivity contribution in [3.05, 3.63) is 62.8 Å². The van der Waals surface area contributed by atoms with Gasteiger partial charge in [-0.15, -0.1) is 0 Å². The lowest BCUT2D eigenvalue weighted by molar-refractivity contribution is 0.648. The van der Waals surface area contributed by atoms with Crippen LogP contribution in [0, 0.1) is 11.7 Å². The van der Waals surface area contributed by atoms with Gasteiger partial charge in [-0.3, -0.25) is 0 Å². The molecule has 1 atom stereocenters. The normalized spacial score (nSPS) is 12.8. The molecular formula is C16H15BrN2S. The number of imidazole rings is 1. The van der Waals surface area contributed by atoms with Gasteiger partial charge >= 0.3 is 0 Å². The molecule has 0 aliphatic carbocycles. The number of aromatic nitrogens is 2. The first-order valence-electron chi connectivity index (χ1n) is 6.53. The van der Waals surface area contributed by atoms with Crippen molar-refractivity contribution in [2.24, 2.45) is 0 Å². The molecule has 0 radical (unpaired) electrons. The highest BCUT2D eigenvalue weighted by Gasteiger charge is 2.14. The molecule has 1 N–H and O–H groups in total. The minimum absolute atomic E-state index is 0.190. The lowest BCUT2D eigenvalue weighted by Gasteiger charge is -2.16. The number of H-pyrrole nitrogens is 1. The Morgan fingerprint density at radius 3 is 2.70 bits per heavy atom. The maximum atomic E-state index is 5.52. The summed E-state index contributed by atoms with van der Waals surface area (Å²) in [4.78, 5) is 3.30. The number of halogens is 1. The molecule has 0 bridgehead atoms. The molecule has 4 heteroatoms. The number of benzene rings is 2. The number of hydrogen-bond acceptors (Lipinski definition) is 1. The predicted molar refractivity (Wildman–Crippen MR) is 89.8 cm³/mol. The van der Waals surface area contributed by atoms with Crippen molar-refractivity contribution >= 4 is 39.2 Å². The predicted octanol–water partition coefficient (Wildman–Crippen LogP) is 5.38. The van der Waals surface area contributed by atoms with Crippen molar-refractivity contribution in [1.29, 1.82) is 0 Å². The van der Waals surface area contributed by atoms with Crippen molar-refractivity contribution in [3.8, 4) is 0 Å². The van der Waals surface area contributed by atoms with Crippen LogP contribution in [-0.4, -0.2) is 9.55 Å². The first-order valence-corrected chi connectivity index (χ1v) is 7.73. The Balaban J connectivity index is 2.24. The number of aromatic amines is 1. The molecule has 0 saturated heterocycles. The summed E-state index contributed by atoms with van der Waals surface area (Å²) in [6.45, 7) is 4.30. The van der Waals surface area contributed by atoms with E-state index in [0.717, 1.165) is 14.8 Å². The molecule has 0 amide bonds. The van der Waals surface area contributed by atoms with Gasteiger partial charge in [-0.05, 0) is 55.4 Å². The Labute approximate surface area is 131 Å². The summed E-state index contributed by atoms with van der Waals surface area (Å²) in [7, 11) is 0. The largest absolute Gasteiger partial charge is 0.331 e. The molecule has 0 spiro atoms. The van der Waals surface area contributed by atoms with Crippen molar-refractivity contribution in [2.45, 2.75) is 19.9 Å². The van der Waals surface area contributed by atoms with Crippen molar-refractivity contribution < 1.29 is 0 Å². The molecule has 1 aromatic heterocycles. The van der Waals surface area contributed by atoms with Gasteiger partial charge in [0.2, 0.25) is 0 Å². The van der Waals surface area contributed by atoms with E-state index in [2.05, 4.69) is 75.7 Å². The third kappa shape index (κ3) is 2.23. The third-order valence-electron chi connectivity index (χ3n) is 3.66. The van der Waals surface area contributed by atoms with E-state index >= 15 is 0 Å². The zero-order chi connectivity index (χ0) is 14.3. The molecule has 3 aromatic rings. The molecule has 102 valence electrons. The minimum Gasteiger partial charge on any atom is -0.331 e. The quantitative estimate of drug-likeness (QED) is 0.617. The number of nitrogens with one attached hydrogen (secondary N) is 1. The minimum atomic E-state index is 0.190. The van der Waals surface area contributed by atoms with E-state index < -0.39 is 0 Å². The van der Waals surface area contributed by atoms with Gasteiger partial charge in [0, 0.05) is 4.47 Å². The van der Waals surface area contributed by atoms with Crippen LogP contribution in [0.1, 0.15) is 24.1 Å². The van der Waals surface area contributed by atoms with E-state index in [1.165, 1.54) is 16.6 Å². The van der Waals surface area contributed by atoms with Crippen LogP contribution in [0.5, 0.6) is 0 Å². The number of hydrogen-bond donors (Lipinski definition) is 1. The summed E-state index contributed by atoms with van der Waals surface area (Å²) in [5, 5.41) is 0. The Morgan fingerprint density at radius 2 is 1.95 bits per heavy atom. The molecule has 1 unspecified atom stereocenters. The number of rotatable bonds is 2. The van der Waals surface area contributed by atoms with Crippen LogP contribution in [0.25, 0.3) is 11.0 Å². The highest BCUT2D eigenvalue weighted by atomic mass is 79.9. The second kappa shape index (κ2) is 5.19. The second-order valence-corrected chi connectivity index (χ2v) is 6.30. The van der Waals surface area contributed by atoms with E-state index in [1.807, 2.05) is 6.07 Å². The smallest absolute Gasteiger partial charge is 0.178 e. The molecule has 0 aliphatic heterocycles. The highest BCUT2D eigenvalue weighted by Crippen LogP contribution is 2.27. The number of aryl methyl sites for hydroxylation is 1. The molecule has 0 aliphatic rings. The lowest BCUT2D eigenvalue weighted by atomic mass is 10.1. The number of nitrogens with zero attached hydrogens (tertiary/aromatic N) is 1. The summed E-state index contributed by atoms with van der Waals surface area (Å²) >= 11 is 9.05. The Hall–Kier alpha value is -1.39. The van der Waals surface area contributed by atoms with Crippen molar-refractivity contribution in [3.63, 3.8) is 0 Å². The Bertz CT molecular complexity index is 832. The van der Waals surface area contributed by atoms with Crippen molar-refractivity contribution in [1.82, 2.24) is 9.55 Å². The van der Waals surface area contributed by atoms with Gasteiger partial charge < -0.3 is 9.55 Å². The van der Waals surface area contributed by atoms with Crippen LogP contribution >= 0.6 is 28.1 Å². The molecule has 20 heavy (non-hydrogen) atoms. The first kappa shape index (κ1) is 13.6.